The van der Waals surface area contributed by atoms with Gasteiger partial charge in [-0.1, -0.05) is 36.9 Å². The molecule has 18 heavy (non-hydrogen) atoms. The molecule has 2 aromatic heterocycles. The lowest BCUT2D eigenvalue weighted by Crippen LogP contribution is -1.91. The van der Waals surface area contributed by atoms with Crippen molar-refractivity contribution in [1.82, 2.24) is 9.97 Å². The number of pyridine rings is 1. The van der Waals surface area contributed by atoms with Crippen molar-refractivity contribution in [3.63, 3.8) is 0 Å². The number of rotatable bonds is 3. The molecular formula is C16H14N2. The van der Waals surface area contributed by atoms with E-state index < -0.39 is 0 Å². The summed E-state index contributed by atoms with van der Waals surface area (Å²) in [5.74, 6) is 0. The lowest BCUT2D eigenvalue weighted by atomic mass is 9.99. The third-order valence-corrected chi connectivity index (χ3v) is 3.14. The molecule has 0 radical (unpaired) electrons. The van der Waals surface area contributed by atoms with E-state index in [9.17, 15) is 0 Å². The largest absolute Gasteiger partial charge is 0.346 e. The Hall–Kier alpha value is -2.35. The first-order chi connectivity index (χ1) is 8.84. The second-order valence-corrected chi connectivity index (χ2v) is 4.36. The molecule has 0 aliphatic carbocycles. The maximum absolute atomic E-state index is 4.30. The second-order valence-electron chi connectivity index (χ2n) is 4.36. The molecule has 0 atom stereocenters. The van der Waals surface area contributed by atoms with Crippen molar-refractivity contribution in [3.8, 4) is 0 Å². The predicted octanol–water partition coefficient (Wildman–Crippen LogP) is 3.82. The van der Waals surface area contributed by atoms with Crippen LogP contribution < -0.4 is 0 Å². The van der Waals surface area contributed by atoms with Gasteiger partial charge in [0.1, 0.15) is 5.65 Å². The summed E-state index contributed by atoms with van der Waals surface area (Å²) in [6, 6.07) is 14.4. The van der Waals surface area contributed by atoms with Gasteiger partial charge in [0.2, 0.25) is 0 Å². The van der Waals surface area contributed by atoms with Crippen LogP contribution in [0, 0.1) is 0 Å². The molecule has 0 aliphatic rings. The molecule has 1 N–H and O–H groups in total. The fourth-order valence-corrected chi connectivity index (χ4v) is 2.18. The van der Waals surface area contributed by atoms with Gasteiger partial charge in [0.15, 0.2) is 0 Å². The number of hydrogen-bond donors (Lipinski definition) is 1. The lowest BCUT2D eigenvalue weighted by Gasteiger charge is -2.07. The van der Waals surface area contributed by atoms with E-state index in [2.05, 4.69) is 40.8 Å². The maximum Gasteiger partial charge on any atom is 0.137 e. The summed E-state index contributed by atoms with van der Waals surface area (Å²) in [6.45, 7) is 4.18. The molecule has 88 valence electrons. The zero-order chi connectivity index (χ0) is 12.4. The summed E-state index contributed by atoms with van der Waals surface area (Å²) in [5, 5.41) is 1.18. The molecule has 1 aromatic carbocycles. The van der Waals surface area contributed by atoms with Crippen molar-refractivity contribution < 1.29 is 0 Å². The molecule has 0 saturated carbocycles. The van der Waals surface area contributed by atoms with Gasteiger partial charge in [-0.2, -0.15) is 0 Å². The molecule has 2 heteroatoms. The fraction of sp³-hybridized carbons (Fsp3) is 0.0625. The molecule has 2 nitrogen and oxygen atoms in total. The molecule has 0 fully saturated rings. The molecule has 0 aliphatic heterocycles. The van der Waals surface area contributed by atoms with Crippen LogP contribution in [0.3, 0.4) is 0 Å². The standard InChI is InChI=1S/C16H14N2/c1-12(13-5-3-2-4-6-13)11-14-7-9-17-16-15(14)8-10-18-16/h2-10H,1,11H2,(H,17,18). The number of nitrogens with zero attached hydrogens (tertiary/aromatic N) is 1. The first-order valence-electron chi connectivity index (χ1n) is 5.99. The lowest BCUT2D eigenvalue weighted by molar-refractivity contribution is 1.26. The summed E-state index contributed by atoms with van der Waals surface area (Å²) in [6.07, 6.45) is 4.61. The summed E-state index contributed by atoms with van der Waals surface area (Å²) in [5.41, 5.74) is 4.52. The first kappa shape index (κ1) is 10.8. The molecule has 0 unspecified atom stereocenters. The Kier molecular flexibility index (Phi) is 2.69. The van der Waals surface area contributed by atoms with Gasteiger partial charge >= 0.3 is 0 Å². The minimum Gasteiger partial charge on any atom is -0.346 e. The van der Waals surface area contributed by atoms with E-state index in [4.69, 9.17) is 0 Å². The Morgan fingerprint density at radius 2 is 1.94 bits per heavy atom. The van der Waals surface area contributed by atoms with Gasteiger partial charge in [-0.3, -0.25) is 0 Å². The number of fused-ring (bicyclic) bond motifs is 1. The van der Waals surface area contributed by atoms with E-state index in [-0.39, 0.29) is 0 Å². The summed E-state index contributed by atoms with van der Waals surface area (Å²) in [7, 11) is 0. The number of aromatic nitrogens is 2. The summed E-state index contributed by atoms with van der Waals surface area (Å²) < 4.78 is 0. The smallest absolute Gasteiger partial charge is 0.137 e. The van der Waals surface area contributed by atoms with E-state index >= 15 is 0 Å². The van der Waals surface area contributed by atoms with Crippen molar-refractivity contribution in [1.29, 1.82) is 0 Å². The van der Waals surface area contributed by atoms with Crippen LogP contribution in [0.5, 0.6) is 0 Å². The highest BCUT2D eigenvalue weighted by atomic mass is 14.8. The van der Waals surface area contributed by atoms with Crippen molar-refractivity contribution in [3.05, 3.63) is 72.6 Å². The van der Waals surface area contributed by atoms with Gasteiger partial charge < -0.3 is 4.98 Å². The highest BCUT2D eigenvalue weighted by Gasteiger charge is 2.05. The minimum absolute atomic E-state index is 0.848. The van der Waals surface area contributed by atoms with Gasteiger partial charge in [-0.15, -0.1) is 0 Å². The number of aromatic amines is 1. The van der Waals surface area contributed by atoms with E-state index in [1.807, 2.05) is 30.6 Å². The number of allylic oxidation sites excluding steroid dienone is 1. The average Bonchev–Trinajstić information content (AvgIpc) is 2.89. The Balaban J connectivity index is 1.93. The van der Waals surface area contributed by atoms with Gasteiger partial charge in [0.25, 0.3) is 0 Å². The van der Waals surface area contributed by atoms with Crippen LogP contribution in [0.25, 0.3) is 16.6 Å². The van der Waals surface area contributed by atoms with Gasteiger partial charge in [-0.25, -0.2) is 4.98 Å². The highest BCUT2D eigenvalue weighted by molar-refractivity contribution is 5.81. The van der Waals surface area contributed by atoms with Crippen LogP contribution in [0.2, 0.25) is 0 Å². The SMILES string of the molecule is C=C(Cc1ccnc2[nH]ccc12)c1ccccc1. The number of benzene rings is 1. The summed E-state index contributed by atoms with van der Waals surface area (Å²) in [4.78, 5) is 7.43. The van der Waals surface area contributed by atoms with Crippen molar-refractivity contribution in [2.75, 3.05) is 0 Å². The molecule has 0 spiro atoms. The number of hydrogen-bond acceptors (Lipinski definition) is 1. The predicted molar refractivity (Wildman–Crippen MR) is 75.3 cm³/mol. The maximum atomic E-state index is 4.30. The van der Waals surface area contributed by atoms with Crippen LogP contribution >= 0.6 is 0 Å². The van der Waals surface area contributed by atoms with Gasteiger partial charge in [0.05, 0.1) is 0 Å². The molecule has 0 saturated heterocycles. The zero-order valence-electron chi connectivity index (χ0n) is 10.1. The number of nitrogens with one attached hydrogen (secondary N) is 1. The summed E-state index contributed by atoms with van der Waals surface area (Å²) >= 11 is 0. The average molecular weight is 234 g/mol. The normalized spacial score (nSPS) is 10.7. The van der Waals surface area contributed by atoms with E-state index in [0.29, 0.717) is 0 Å². The van der Waals surface area contributed by atoms with Crippen LogP contribution in [0.1, 0.15) is 11.1 Å². The Morgan fingerprint density at radius 3 is 2.78 bits per heavy atom. The van der Waals surface area contributed by atoms with Crippen LogP contribution in [-0.4, -0.2) is 9.97 Å². The Labute approximate surface area is 106 Å². The quantitative estimate of drug-likeness (QED) is 0.733. The Bertz CT molecular complexity index is 680. The minimum atomic E-state index is 0.848. The molecule has 3 rings (SSSR count). The topological polar surface area (TPSA) is 28.7 Å². The van der Waals surface area contributed by atoms with E-state index in [0.717, 1.165) is 17.6 Å². The van der Waals surface area contributed by atoms with Crippen molar-refractivity contribution >= 4 is 16.6 Å². The third-order valence-electron chi connectivity index (χ3n) is 3.14. The van der Waals surface area contributed by atoms with Gasteiger partial charge in [-0.05, 0) is 35.3 Å². The molecule has 0 amide bonds. The molecular weight excluding hydrogens is 220 g/mol. The Morgan fingerprint density at radius 1 is 1.11 bits per heavy atom. The monoisotopic (exact) mass is 234 g/mol. The van der Waals surface area contributed by atoms with E-state index in [1.54, 1.807) is 0 Å². The molecule has 2 heterocycles. The molecule has 3 aromatic rings. The third kappa shape index (κ3) is 1.93. The second kappa shape index (κ2) is 4.49. The van der Waals surface area contributed by atoms with Crippen molar-refractivity contribution in [2.45, 2.75) is 6.42 Å². The number of H-pyrrole nitrogens is 1. The van der Waals surface area contributed by atoms with Crippen LogP contribution in [-0.2, 0) is 6.42 Å². The fourth-order valence-electron chi connectivity index (χ4n) is 2.18. The zero-order valence-corrected chi connectivity index (χ0v) is 10.1. The van der Waals surface area contributed by atoms with E-state index in [1.165, 1.54) is 16.5 Å². The van der Waals surface area contributed by atoms with Gasteiger partial charge in [0, 0.05) is 17.8 Å². The highest BCUT2D eigenvalue weighted by Crippen LogP contribution is 2.22. The van der Waals surface area contributed by atoms with Crippen LogP contribution in [0.15, 0.2) is 61.4 Å². The van der Waals surface area contributed by atoms with Crippen LogP contribution in [0.4, 0.5) is 0 Å². The molecule has 0 bridgehead atoms. The first-order valence-corrected chi connectivity index (χ1v) is 5.99. The van der Waals surface area contributed by atoms with Crippen molar-refractivity contribution in [2.24, 2.45) is 0 Å².